The molecule has 0 aliphatic carbocycles. The lowest BCUT2D eigenvalue weighted by Gasteiger charge is -2.17. The van der Waals surface area contributed by atoms with Crippen LogP contribution < -0.4 is 0 Å². The molecule has 0 bridgehead atoms. The number of rotatable bonds is 5. The molecular formula is C14H16BrClN2OS. The van der Waals surface area contributed by atoms with Crippen LogP contribution in [0.5, 0.6) is 0 Å². The van der Waals surface area contributed by atoms with E-state index in [0.717, 1.165) is 22.3 Å². The maximum Gasteiger partial charge on any atom is 0.270 e. The van der Waals surface area contributed by atoms with Gasteiger partial charge < -0.3 is 9.47 Å². The molecule has 0 saturated carbocycles. The number of carbonyl (C=O) groups excluding carboxylic acids is 1. The summed E-state index contributed by atoms with van der Waals surface area (Å²) in [6, 6.07) is 3.77. The number of hydrogen-bond donors (Lipinski definition) is 0. The smallest absolute Gasteiger partial charge is 0.270 e. The van der Waals surface area contributed by atoms with Gasteiger partial charge in [0.15, 0.2) is 0 Å². The first-order valence-electron chi connectivity index (χ1n) is 6.35. The normalized spacial score (nSPS) is 10.8. The van der Waals surface area contributed by atoms with Crippen LogP contribution in [0.3, 0.4) is 0 Å². The number of amides is 1. The Morgan fingerprint density at radius 1 is 1.50 bits per heavy atom. The Balaban J connectivity index is 2.13. The highest BCUT2D eigenvalue weighted by molar-refractivity contribution is 9.10. The van der Waals surface area contributed by atoms with E-state index in [-0.39, 0.29) is 5.91 Å². The minimum atomic E-state index is -0.00475. The van der Waals surface area contributed by atoms with Crippen LogP contribution in [0.4, 0.5) is 0 Å². The van der Waals surface area contributed by atoms with Crippen LogP contribution in [-0.2, 0) is 13.1 Å². The zero-order valence-electron chi connectivity index (χ0n) is 11.4. The first kappa shape index (κ1) is 15.6. The SMILES string of the molecule is CCCn1cc(Cl)cc1C(=O)N(C)Cc1cc(Br)cs1. The van der Waals surface area contributed by atoms with Gasteiger partial charge in [0.2, 0.25) is 0 Å². The summed E-state index contributed by atoms with van der Waals surface area (Å²) in [6.07, 6.45) is 2.78. The minimum Gasteiger partial charge on any atom is -0.342 e. The van der Waals surface area contributed by atoms with E-state index in [4.69, 9.17) is 11.6 Å². The minimum absolute atomic E-state index is 0.00475. The van der Waals surface area contributed by atoms with E-state index in [1.807, 2.05) is 29.3 Å². The van der Waals surface area contributed by atoms with E-state index in [9.17, 15) is 4.79 Å². The van der Waals surface area contributed by atoms with Gasteiger partial charge in [-0.15, -0.1) is 11.3 Å². The van der Waals surface area contributed by atoms with E-state index in [2.05, 4.69) is 22.9 Å². The lowest BCUT2D eigenvalue weighted by atomic mass is 10.3. The van der Waals surface area contributed by atoms with Crippen molar-refractivity contribution in [2.45, 2.75) is 26.4 Å². The monoisotopic (exact) mass is 374 g/mol. The summed E-state index contributed by atoms with van der Waals surface area (Å²) in [5.74, 6) is -0.00475. The fourth-order valence-corrected chi connectivity index (χ4v) is 3.74. The number of hydrogen-bond acceptors (Lipinski definition) is 2. The van der Waals surface area contributed by atoms with E-state index in [1.165, 1.54) is 0 Å². The zero-order chi connectivity index (χ0) is 14.7. The molecule has 0 aliphatic rings. The Morgan fingerprint density at radius 3 is 2.85 bits per heavy atom. The molecule has 108 valence electrons. The molecule has 3 nitrogen and oxygen atoms in total. The Labute approximate surface area is 136 Å². The van der Waals surface area contributed by atoms with Crippen LogP contribution in [0.2, 0.25) is 5.02 Å². The van der Waals surface area contributed by atoms with Crippen molar-refractivity contribution in [3.05, 3.63) is 43.8 Å². The molecule has 0 radical (unpaired) electrons. The van der Waals surface area contributed by atoms with Crippen LogP contribution in [0.25, 0.3) is 0 Å². The third-order valence-electron chi connectivity index (χ3n) is 2.91. The molecular weight excluding hydrogens is 360 g/mol. The van der Waals surface area contributed by atoms with Crippen LogP contribution >= 0.6 is 38.9 Å². The molecule has 2 heterocycles. The lowest BCUT2D eigenvalue weighted by molar-refractivity contribution is 0.0775. The van der Waals surface area contributed by atoms with Gasteiger partial charge in [-0.3, -0.25) is 4.79 Å². The summed E-state index contributed by atoms with van der Waals surface area (Å²) >= 11 is 11.1. The number of carbonyl (C=O) groups is 1. The van der Waals surface area contributed by atoms with Crippen molar-refractivity contribution in [3.63, 3.8) is 0 Å². The Hall–Kier alpha value is -0.780. The highest BCUT2D eigenvalue weighted by Gasteiger charge is 2.17. The average molecular weight is 376 g/mol. The Morgan fingerprint density at radius 2 is 2.25 bits per heavy atom. The fraction of sp³-hybridized carbons (Fsp3) is 0.357. The van der Waals surface area contributed by atoms with Gasteiger partial charge in [-0.05, 0) is 34.5 Å². The molecule has 0 unspecified atom stereocenters. The number of aromatic nitrogens is 1. The van der Waals surface area contributed by atoms with E-state index in [1.54, 1.807) is 22.3 Å². The summed E-state index contributed by atoms with van der Waals surface area (Å²) in [5.41, 5.74) is 0.648. The predicted molar refractivity (Wildman–Crippen MR) is 87.5 cm³/mol. The van der Waals surface area contributed by atoms with Crippen molar-refractivity contribution < 1.29 is 4.79 Å². The molecule has 0 fully saturated rings. The van der Waals surface area contributed by atoms with Gasteiger partial charge in [0.25, 0.3) is 5.91 Å². The van der Waals surface area contributed by atoms with Gasteiger partial charge >= 0.3 is 0 Å². The predicted octanol–water partition coefficient (Wildman–Crippen LogP) is 4.65. The molecule has 0 N–H and O–H groups in total. The summed E-state index contributed by atoms with van der Waals surface area (Å²) < 4.78 is 2.97. The molecule has 0 atom stereocenters. The van der Waals surface area contributed by atoms with E-state index >= 15 is 0 Å². The molecule has 6 heteroatoms. The van der Waals surface area contributed by atoms with Crippen LogP contribution in [0, 0.1) is 0 Å². The van der Waals surface area contributed by atoms with Crippen LogP contribution in [0.1, 0.15) is 28.7 Å². The first-order valence-corrected chi connectivity index (χ1v) is 8.40. The Bertz CT molecular complexity index is 608. The molecule has 0 spiro atoms. The fourth-order valence-electron chi connectivity index (χ4n) is 2.02. The zero-order valence-corrected chi connectivity index (χ0v) is 14.6. The van der Waals surface area contributed by atoms with E-state index < -0.39 is 0 Å². The van der Waals surface area contributed by atoms with Crippen molar-refractivity contribution in [3.8, 4) is 0 Å². The summed E-state index contributed by atoms with van der Waals surface area (Å²) in [4.78, 5) is 15.4. The van der Waals surface area contributed by atoms with Gasteiger partial charge in [-0.25, -0.2) is 0 Å². The summed E-state index contributed by atoms with van der Waals surface area (Å²) in [7, 11) is 1.81. The molecule has 20 heavy (non-hydrogen) atoms. The number of aryl methyl sites for hydroxylation is 1. The van der Waals surface area contributed by atoms with Gasteiger partial charge in [-0.1, -0.05) is 18.5 Å². The van der Waals surface area contributed by atoms with Gasteiger partial charge in [0, 0.05) is 34.5 Å². The van der Waals surface area contributed by atoms with Gasteiger partial charge in [-0.2, -0.15) is 0 Å². The van der Waals surface area contributed by atoms with Gasteiger partial charge in [0.1, 0.15) is 5.69 Å². The van der Waals surface area contributed by atoms with Crippen molar-refractivity contribution in [1.29, 1.82) is 0 Å². The third kappa shape index (κ3) is 3.65. The molecule has 2 aromatic heterocycles. The van der Waals surface area contributed by atoms with Crippen LogP contribution in [-0.4, -0.2) is 22.4 Å². The summed E-state index contributed by atoms with van der Waals surface area (Å²) in [6.45, 7) is 3.48. The molecule has 2 rings (SSSR count). The average Bonchev–Trinajstić information content (AvgIpc) is 2.95. The highest BCUT2D eigenvalue weighted by Crippen LogP contribution is 2.22. The number of thiophene rings is 1. The molecule has 0 saturated heterocycles. The van der Waals surface area contributed by atoms with E-state index in [0.29, 0.717) is 17.3 Å². The Kier molecular flexibility index (Phi) is 5.29. The van der Waals surface area contributed by atoms with Gasteiger partial charge in [0.05, 0.1) is 11.6 Å². The topological polar surface area (TPSA) is 25.2 Å². The molecule has 2 aromatic rings. The summed E-state index contributed by atoms with van der Waals surface area (Å²) in [5, 5.41) is 2.62. The molecule has 0 aliphatic heterocycles. The van der Waals surface area contributed by atoms with Crippen molar-refractivity contribution >= 4 is 44.8 Å². The second kappa shape index (κ2) is 6.78. The quantitative estimate of drug-likeness (QED) is 0.747. The van der Waals surface area contributed by atoms with Crippen molar-refractivity contribution in [1.82, 2.24) is 9.47 Å². The maximum atomic E-state index is 12.5. The second-order valence-electron chi connectivity index (χ2n) is 4.63. The maximum absolute atomic E-state index is 12.5. The lowest BCUT2D eigenvalue weighted by Crippen LogP contribution is -2.27. The molecule has 1 amide bonds. The highest BCUT2D eigenvalue weighted by atomic mass is 79.9. The van der Waals surface area contributed by atoms with Crippen LogP contribution in [0.15, 0.2) is 28.2 Å². The van der Waals surface area contributed by atoms with Crippen molar-refractivity contribution in [2.75, 3.05) is 7.05 Å². The third-order valence-corrected chi connectivity index (χ3v) is 4.80. The molecule has 0 aromatic carbocycles. The van der Waals surface area contributed by atoms with Crippen molar-refractivity contribution in [2.24, 2.45) is 0 Å². The number of halogens is 2. The number of nitrogens with zero attached hydrogens (tertiary/aromatic N) is 2. The first-order chi connectivity index (χ1) is 9.51. The largest absolute Gasteiger partial charge is 0.342 e. The standard InChI is InChI=1S/C14H16BrClN2OS/c1-3-4-18-7-11(16)6-13(18)14(19)17(2)8-12-5-10(15)9-20-12/h5-7,9H,3-4,8H2,1-2H3. The second-order valence-corrected chi connectivity index (χ2v) is 6.98.